The van der Waals surface area contributed by atoms with E-state index in [1.807, 2.05) is 18.2 Å². The minimum atomic E-state index is -0.321. The zero-order valence-corrected chi connectivity index (χ0v) is 16.6. The van der Waals surface area contributed by atoms with Crippen LogP contribution in [0.4, 0.5) is 0 Å². The predicted octanol–water partition coefficient (Wildman–Crippen LogP) is 1.53. The maximum atomic E-state index is 12.9. The molecule has 1 saturated heterocycles. The summed E-state index contributed by atoms with van der Waals surface area (Å²) in [5, 5.41) is 4.97. The van der Waals surface area contributed by atoms with E-state index in [2.05, 4.69) is 5.10 Å². The smallest absolute Gasteiger partial charge is 0.274 e. The lowest BCUT2D eigenvalue weighted by molar-refractivity contribution is -0.123. The van der Waals surface area contributed by atoms with Crippen LogP contribution < -0.4 is 5.73 Å². The molecule has 4 rings (SSSR count). The fourth-order valence-electron chi connectivity index (χ4n) is 3.86. The van der Waals surface area contributed by atoms with Crippen molar-refractivity contribution in [3.05, 3.63) is 52.3 Å². The molecule has 29 heavy (non-hydrogen) atoms. The highest BCUT2D eigenvalue weighted by Gasteiger charge is 2.31. The molecule has 1 aromatic carbocycles. The summed E-state index contributed by atoms with van der Waals surface area (Å²) in [6.07, 6.45) is 1.11. The largest absolute Gasteiger partial charge is 0.369 e. The van der Waals surface area contributed by atoms with Gasteiger partial charge in [0.15, 0.2) is 5.69 Å². The van der Waals surface area contributed by atoms with Gasteiger partial charge in [-0.25, -0.2) is 0 Å². The van der Waals surface area contributed by atoms with Crippen LogP contribution in [0.25, 0.3) is 0 Å². The Morgan fingerprint density at radius 3 is 2.55 bits per heavy atom. The topological polar surface area (TPSA) is 102 Å². The van der Waals surface area contributed by atoms with Gasteiger partial charge in [-0.15, -0.1) is 0 Å². The third kappa shape index (κ3) is 3.85. The summed E-state index contributed by atoms with van der Waals surface area (Å²) in [6, 6.07) is 8.99. The molecule has 9 heteroatoms. The lowest BCUT2D eigenvalue weighted by atomic mass is 9.96. The van der Waals surface area contributed by atoms with Crippen LogP contribution in [0.15, 0.2) is 30.3 Å². The van der Waals surface area contributed by atoms with Crippen molar-refractivity contribution in [2.75, 3.05) is 19.6 Å². The molecule has 8 nitrogen and oxygen atoms in total. The minimum Gasteiger partial charge on any atom is -0.369 e. The molecule has 2 aromatic rings. The van der Waals surface area contributed by atoms with E-state index in [1.54, 1.807) is 26.6 Å². The van der Waals surface area contributed by atoms with Crippen LogP contribution in [-0.2, 0) is 17.9 Å². The number of carbonyl (C=O) groups is 3. The Morgan fingerprint density at radius 1 is 1.14 bits per heavy atom. The zero-order chi connectivity index (χ0) is 20.5. The van der Waals surface area contributed by atoms with Crippen molar-refractivity contribution in [2.24, 2.45) is 11.7 Å². The van der Waals surface area contributed by atoms with Gasteiger partial charge in [-0.1, -0.05) is 29.8 Å². The van der Waals surface area contributed by atoms with Crippen LogP contribution >= 0.6 is 11.6 Å². The van der Waals surface area contributed by atoms with Crippen molar-refractivity contribution >= 4 is 29.3 Å². The molecule has 0 unspecified atom stereocenters. The zero-order valence-electron chi connectivity index (χ0n) is 15.9. The van der Waals surface area contributed by atoms with Crippen molar-refractivity contribution in [1.82, 2.24) is 19.6 Å². The van der Waals surface area contributed by atoms with Crippen LogP contribution in [0.3, 0.4) is 0 Å². The molecule has 0 spiro atoms. The second kappa shape index (κ2) is 7.87. The Morgan fingerprint density at radius 2 is 1.86 bits per heavy atom. The standard InChI is InChI=1S/C20H22ClN5O3/c21-15-4-2-1-3-14(15)12-25-9-10-26-17(20(25)29)11-16(23-26)19(28)24-7-5-13(6-8-24)18(22)27/h1-4,11,13H,5-10,12H2,(H2,22,27). The number of carbonyl (C=O) groups excluding carboxylic acids is 3. The number of rotatable bonds is 4. The number of halogens is 1. The summed E-state index contributed by atoms with van der Waals surface area (Å²) < 4.78 is 1.59. The molecule has 2 aliphatic heterocycles. The van der Waals surface area contributed by atoms with Crippen molar-refractivity contribution in [3.63, 3.8) is 0 Å². The molecule has 3 amide bonds. The van der Waals surface area contributed by atoms with Crippen LogP contribution in [0, 0.1) is 5.92 Å². The molecule has 1 aromatic heterocycles. The number of amides is 3. The second-order valence-corrected chi connectivity index (χ2v) is 7.83. The molecule has 3 heterocycles. The van der Waals surface area contributed by atoms with Gasteiger partial charge in [0.05, 0.1) is 6.54 Å². The molecule has 1 fully saturated rings. The molecule has 0 radical (unpaired) electrons. The molecule has 152 valence electrons. The first-order valence-electron chi connectivity index (χ1n) is 9.63. The van der Waals surface area contributed by atoms with Gasteiger partial charge < -0.3 is 15.5 Å². The lowest BCUT2D eigenvalue weighted by Crippen LogP contribution is -2.41. The molecule has 0 aliphatic carbocycles. The second-order valence-electron chi connectivity index (χ2n) is 7.42. The van der Waals surface area contributed by atoms with Gasteiger partial charge in [0.1, 0.15) is 5.69 Å². The van der Waals surface area contributed by atoms with Crippen LogP contribution in [-0.4, -0.2) is 56.9 Å². The summed E-state index contributed by atoms with van der Waals surface area (Å²) in [5.41, 5.74) is 6.89. The van der Waals surface area contributed by atoms with Crippen LogP contribution in [0.1, 0.15) is 39.4 Å². The van der Waals surface area contributed by atoms with Gasteiger partial charge in [0, 0.05) is 43.2 Å². The summed E-state index contributed by atoms with van der Waals surface area (Å²) in [4.78, 5) is 40.4. The number of aromatic nitrogens is 2. The number of nitrogens with two attached hydrogens (primary N) is 1. The first-order valence-corrected chi connectivity index (χ1v) is 10.0. The van der Waals surface area contributed by atoms with E-state index < -0.39 is 0 Å². The highest BCUT2D eigenvalue weighted by Crippen LogP contribution is 2.22. The van der Waals surface area contributed by atoms with E-state index >= 15 is 0 Å². The average Bonchev–Trinajstić information content (AvgIpc) is 3.16. The molecule has 0 atom stereocenters. The molecule has 2 aliphatic rings. The normalized spacial score (nSPS) is 17.3. The number of hydrogen-bond acceptors (Lipinski definition) is 4. The predicted molar refractivity (Wildman–Crippen MR) is 106 cm³/mol. The number of fused-ring (bicyclic) bond motifs is 1. The molecule has 2 N–H and O–H groups in total. The first kappa shape index (κ1) is 19.4. The molecular weight excluding hydrogens is 394 g/mol. The van der Waals surface area contributed by atoms with Gasteiger partial charge in [0.2, 0.25) is 5.91 Å². The Balaban J connectivity index is 1.46. The quantitative estimate of drug-likeness (QED) is 0.818. The Labute approximate surface area is 173 Å². The highest BCUT2D eigenvalue weighted by molar-refractivity contribution is 6.31. The summed E-state index contributed by atoms with van der Waals surface area (Å²) >= 11 is 6.22. The van der Waals surface area contributed by atoms with E-state index in [0.717, 1.165) is 5.56 Å². The Hall–Kier alpha value is -2.87. The van der Waals surface area contributed by atoms with Crippen LogP contribution in [0.2, 0.25) is 5.02 Å². The number of likely N-dealkylation sites (tertiary alicyclic amines) is 1. The van der Waals surface area contributed by atoms with Crippen molar-refractivity contribution < 1.29 is 14.4 Å². The van der Waals surface area contributed by atoms with E-state index in [4.69, 9.17) is 17.3 Å². The van der Waals surface area contributed by atoms with E-state index in [-0.39, 0.29) is 29.3 Å². The number of piperidine rings is 1. The van der Waals surface area contributed by atoms with Crippen molar-refractivity contribution in [2.45, 2.75) is 25.9 Å². The third-order valence-electron chi connectivity index (χ3n) is 5.59. The van der Waals surface area contributed by atoms with Crippen molar-refractivity contribution in [1.29, 1.82) is 0 Å². The maximum Gasteiger partial charge on any atom is 0.274 e. The average molecular weight is 416 g/mol. The summed E-state index contributed by atoms with van der Waals surface area (Å²) in [6.45, 7) is 2.34. The molecule has 0 saturated carbocycles. The van der Waals surface area contributed by atoms with Gasteiger partial charge >= 0.3 is 0 Å². The number of hydrogen-bond donors (Lipinski definition) is 1. The lowest BCUT2D eigenvalue weighted by Gasteiger charge is -2.29. The molecular formula is C20H22ClN5O3. The number of benzene rings is 1. The van der Waals surface area contributed by atoms with E-state index in [1.165, 1.54) is 0 Å². The third-order valence-corrected chi connectivity index (χ3v) is 5.96. The SMILES string of the molecule is NC(=O)C1CCN(C(=O)c2cc3n(n2)CCN(Cc2ccccc2Cl)C3=O)CC1. The van der Waals surface area contributed by atoms with Gasteiger partial charge in [-0.05, 0) is 24.5 Å². The Kier molecular flexibility index (Phi) is 5.27. The van der Waals surface area contributed by atoms with Crippen molar-refractivity contribution in [3.8, 4) is 0 Å². The first-order chi connectivity index (χ1) is 13.9. The van der Waals surface area contributed by atoms with E-state index in [0.29, 0.717) is 56.3 Å². The number of primary amides is 1. The monoisotopic (exact) mass is 415 g/mol. The molecule has 0 bridgehead atoms. The van der Waals surface area contributed by atoms with Gasteiger partial charge in [0.25, 0.3) is 11.8 Å². The fraction of sp³-hybridized carbons (Fsp3) is 0.400. The number of nitrogens with zero attached hydrogens (tertiary/aromatic N) is 4. The van der Waals surface area contributed by atoms with Gasteiger partial charge in [-0.3, -0.25) is 19.1 Å². The summed E-state index contributed by atoms with van der Waals surface area (Å²) in [5.74, 6) is -0.900. The van der Waals surface area contributed by atoms with E-state index in [9.17, 15) is 14.4 Å². The fourth-order valence-corrected chi connectivity index (χ4v) is 4.05. The van der Waals surface area contributed by atoms with Crippen LogP contribution in [0.5, 0.6) is 0 Å². The van der Waals surface area contributed by atoms with Gasteiger partial charge in [-0.2, -0.15) is 5.10 Å². The Bertz CT molecular complexity index is 965. The highest BCUT2D eigenvalue weighted by atomic mass is 35.5. The maximum absolute atomic E-state index is 12.9. The summed E-state index contributed by atoms with van der Waals surface area (Å²) in [7, 11) is 0. The minimum absolute atomic E-state index is 0.171.